The molecule has 1 atom stereocenters. The summed E-state index contributed by atoms with van der Waals surface area (Å²) in [6.45, 7) is 3.58. The van der Waals surface area contributed by atoms with Crippen LogP contribution in [0.25, 0.3) is 0 Å². The van der Waals surface area contributed by atoms with Crippen molar-refractivity contribution in [2.75, 3.05) is 13.1 Å². The van der Waals surface area contributed by atoms with Crippen molar-refractivity contribution < 1.29 is 14.4 Å². The number of carbonyl (C=O) groups is 3. The van der Waals surface area contributed by atoms with Crippen molar-refractivity contribution >= 4 is 29.2 Å². The first-order chi connectivity index (χ1) is 16.4. The summed E-state index contributed by atoms with van der Waals surface area (Å²) in [6, 6.07) is 5.25. The third kappa shape index (κ3) is 3.91. The lowest BCUT2D eigenvalue weighted by molar-refractivity contribution is -0.145. The van der Waals surface area contributed by atoms with E-state index < -0.39 is 5.54 Å². The summed E-state index contributed by atoms with van der Waals surface area (Å²) >= 11 is 1.55. The number of thiophene rings is 1. The number of imide groups is 1. The van der Waals surface area contributed by atoms with Crippen molar-refractivity contribution in [1.82, 2.24) is 20.1 Å². The third-order valence-electron chi connectivity index (χ3n) is 8.04. The largest absolute Gasteiger partial charge is 0.342 e. The molecule has 0 bridgehead atoms. The summed E-state index contributed by atoms with van der Waals surface area (Å²) in [4.78, 5) is 47.9. The molecule has 8 heteroatoms. The van der Waals surface area contributed by atoms with Gasteiger partial charge in [0.15, 0.2) is 5.54 Å². The molecule has 2 saturated heterocycles. The number of aromatic nitrogens is 1. The number of amides is 4. The lowest BCUT2D eigenvalue weighted by Gasteiger charge is -2.44. The molecule has 1 saturated carbocycles. The minimum Gasteiger partial charge on any atom is -0.342 e. The predicted octanol–water partition coefficient (Wildman–Crippen LogP) is 4.30. The maximum Gasteiger partial charge on any atom is 0.325 e. The number of carbonyl (C=O) groups excluding carboxylic acids is 3. The quantitative estimate of drug-likeness (QED) is 0.647. The van der Waals surface area contributed by atoms with Gasteiger partial charge in [-0.05, 0) is 60.1 Å². The number of rotatable bonds is 5. The SMILES string of the molecule is CC1(C(=O)N2CCC(C3(c4cccnc4)NC(=O)N(Cc4ccsc4)C3=O)CC2)CCCCC1. The highest BCUT2D eigenvalue weighted by molar-refractivity contribution is 7.07. The van der Waals surface area contributed by atoms with Crippen LogP contribution in [0.2, 0.25) is 0 Å². The van der Waals surface area contributed by atoms with Crippen LogP contribution in [0.1, 0.15) is 63.0 Å². The summed E-state index contributed by atoms with van der Waals surface area (Å²) < 4.78 is 0. The van der Waals surface area contributed by atoms with Crippen molar-refractivity contribution in [3.8, 4) is 0 Å². The zero-order valence-electron chi connectivity index (χ0n) is 19.7. The van der Waals surface area contributed by atoms with Gasteiger partial charge in [0.25, 0.3) is 5.91 Å². The lowest BCUT2D eigenvalue weighted by Crippen LogP contribution is -2.55. The van der Waals surface area contributed by atoms with Crippen LogP contribution in [0, 0.1) is 11.3 Å². The van der Waals surface area contributed by atoms with Crippen molar-refractivity contribution in [3.63, 3.8) is 0 Å². The summed E-state index contributed by atoms with van der Waals surface area (Å²) in [6.07, 6.45) is 10.0. The molecule has 1 N–H and O–H groups in total. The Kier molecular flexibility index (Phi) is 6.18. The molecule has 3 fully saturated rings. The van der Waals surface area contributed by atoms with Gasteiger partial charge in [0.05, 0.1) is 6.54 Å². The van der Waals surface area contributed by atoms with E-state index in [0.29, 0.717) is 31.5 Å². The van der Waals surface area contributed by atoms with Crippen LogP contribution >= 0.6 is 11.3 Å². The van der Waals surface area contributed by atoms with E-state index in [4.69, 9.17) is 0 Å². The van der Waals surface area contributed by atoms with Crippen molar-refractivity contribution in [3.05, 3.63) is 52.5 Å². The Morgan fingerprint density at radius 2 is 1.94 bits per heavy atom. The van der Waals surface area contributed by atoms with Crippen LogP contribution in [-0.2, 0) is 21.7 Å². The second kappa shape index (κ2) is 9.13. The molecule has 2 aromatic rings. The third-order valence-corrected chi connectivity index (χ3v) is 8.77. The Balaban J connectivity index is 1.38. The van der Waals surface area contributed by atoms with Gasteiger partial charge in [-0.15, -0.1) is 0 Å². The second-order valence-electron chi connectivity index (χ2n) is 10.2. The fourth-order valence-electron chi connectivity index (χ4n) is 6.05. The molecule has 3 aliphatic rings. The molecule has 2 aromatic heterocycles. The number of likely N-dealkylation sites (tertiary alicyclic amines) is 1. The molecular formula is C26H32N4O3S. The first-order valence-corrected chi connectivity index (χ1v) is 13.2. The molecule has 0 radical (unpaired) electrons. The summed E-state index contributed by atoms with van der Waals surface area (Å²) in [5.74, 6) is -0.0773. The normalized spacial score (nSPS) is 25.4. The second-order valence-corrected chi connectivity index (χ2v) is 11.0. The highest BCUT2D eigenvalue weighted by atomic mass is 32.1. The van der Waals surface area contributed by atoms with Crippen LogP contribution in [0.4, 0.5) is 4.79 Å². The van der Waals surface area contributed by atoms with E-state index in [2.05, 4.69) is 17.2 Å². The molecule has 1 unspecified atom stereocenters. The zero-order chi connectivity index (χ0) is 23.8. The Hall–Kier alpha value is -2.74. The van der Waals surface area contributed by atoms with Crippen molar-refractivity contribution in [2.24, 2.45) is 11.3 Å². The van der Waals surface area contributed by atoms with Gasteiger partial charge in [0.1, 0.15) is 0 Å². The number of hydrogen-bond donors (Lipinski definition) is 1. The molecule has 2 aliphatic heterocycles. The van der Waals surface area contributed by atoms with Gasteiger partial charge in [0.2, 0.25) is 5.91 Å². The highest BCUT2D eigenvalue weighted by Gasteiger charge is 2.57. The first-order valence-electron chi connectivity index (χ1n) is 12.3. The number of hydrogen-bond acceptors (Lipinski definition) is 5. The minimum atomic E-state index is -1.15. The van der Waals surface area contributed by atoms with E-state index in [1.165, 1.54) is 11.3 Å². The van der Waals surface area contributed by atoms with Crippen LogP contribution in [0.15, 0.2) is 41.4 Å². The van der Waals surface area contributed by atoms with Crippen LogP contribution < -0.4 is 5.32 Å². The van der Waals surface area contributed by atoms with E-state index in [-0.39, 0.29) is 35.7 Å². The van der Waals surface area contributed by atoms with E-state index in [9.17, 15) is 14.4 Å². The van der Waals surface area contributed by atoms with Crippen LogP contribution in [-0.4, -0.2) is 45.7 Å². The van der Waals surface area contributed by atoms with Gasteiger partial charge < -0.3 is 10.2 Å². The van der Waals surface area contributed by atoms with E-state index in [1.54, 1.807) is 29.8 Å². The molecule has 0 spiro atoms. The average molecular weight is 481 g/mol. The number of urea groups is 1. The summed E-state index contributed by atoms with van der Waals surface area (Å²) in [5.41, 5.74) is 0.244. The molecule has 4 amide bonds. The summed E-state index contributed by atoms with van der Waals surface area (Å²) in [5, 5.41) is 6.98. The monoisotopic (exact) mass is 480 g/mol. The number of nitrogens with one attached hydrogen (secondary N) is 1. The molecule has 34 heavy (non-hydrogen) atoms. The Morgan fingerprint density at radius 3 is 2.59 bits per heavy atom. The van der Waals surface area contributed by atoms with E-state index >= 15 is 0 Å². The molecule has 7 nitrogen and oxygen atoms in total. The number of nitrogens with zero attached hydrogens (tertiary/aromatic N) is 3. The maximum atomic E-state index is 13.9. The van der Waals surface area contributed by atoms with E-state index in [1.807, 2.05) is 27.8 Å². The first kappa shape index (κ1) is 23.0. The maximum absolute atomic E-state index is 13.9. The standard InChI is InChI=1S/C26H32N4O3S/c1-25(10-3-2-4-11-25)22(31)29-13-7-20(8-14-29)26(21-6-5-12-27-16-21)23(32)30(24(33)28-26)17-19-9-15-34-18-19/h5-6,9,12,15-16,18,20H,2-4,7-8,10-11,13-14,17H2,1H3,(H,28,33). The predicted molar refractivity (Wildman–Crippen MR) is 130 cm³/mol. The van der Waals surface area contributed by atoms with Gasteiger partial charge in [-0.3, -0.25) is 19.5 Å². The highest BCUT2D eigenvalue weighted by Crippen LogP contribution is 2.43. The molecule has 1 aliphatic carbocycles. The van der Waals surface area contributed by atoms with Crippen molar-refractivity contribution in [1.29, 1.82) is 0 Å². The van der Waals surface area contributed by atoms with Crippen LogP contribution in [0.5, 0.6) is 0 Å². The van der Waals surface area contributed by atoms with Gasteiger partial charge in [0, 0.05) is 36.5 Å². The topological polar surface area (TPSA) is 82.6 Å². The van der Waals surface area contributed by atoms with Gasteiger partial charge in [-0.25, -0.2) is 4.79 Å². The Morgan fingerprint density at radius 1 is 1.18 bits per heavy atom. The Bertz CT molecular complexity index is 1040. The Labute approximate surface area is 204 Å². The number of pyridine rings is 1. The van der Waals surface area contributed by atoms with Gasteiger partial charge in [-0.2, -0.15) is 11.3 Å². The molecular weight excluding hydrogens is 448 g/mol. The summed E-state index contributed by atoms with van der Waals surface area (Å²) in [7, 11) is 0. The van der Waals surface area contributed by atoms with E-state index in [0.717, 1.165) is 31.2 Å². The fourth-order valence-corrected chi connectivity index (χ4v) is 6.71. The molecule has 180 valence electrons. The zero-order valence-corrected chi connectivity index (χ0v) is 20.5. The lowest BCUT2D eigenvalue weighted by atomic mass is 9.72. The van der Waals surface area contributed by atoms with Crippen molar-refractivity contribution in [2.45, 2.75) is 64.0 Å². The fraction of sp³-hybridized carbons (Fsp3) is 0.538. The van der Waals surface area contributed by atoms with Gasteiger partial charge in [-0.1, -0.05) is 32.3 Å². The smallest absolute Gasteiger partial charge is 0.325 e. The number of piperidine rings is 1. The molecule has 0 aromatic carbocycles. The molecule has 5 rings (SSSR count). The van der Waals surface area contributed by atoms with Gasteiger partial charge >= 0.3 is 6.03 Å². The average Bonchev–Trinajstić information content (AvgIpc) is 3.47. The molecule has 4 heterocycles. The minimum absolute atomic E-state index is 0.108. The van der Waals surface area contributed by atoms with Crippen LogP contribution in [0.3, 0.4) is 0 Å².